The standard InChI is InChI=1S/C10H19ClO/c1-8(2)5-4-6-9(3)10(11)7-12/h5,9-10,12H,4,6-7H2,1-3H3/t9-,10+/m0/s1. The lowest BCUT2D eigenvalue weighted by Gasteiger charge is -2.14. The van der Waals surface area contributed by atoms with E-state index in [1.165, 1.54) is 5.57 Å². The fraction of sp³-hybridized carbons (Fsp3) is 0.800. The molecule has 2 atom stereocenters. The van der Waals surface area contributed by atoms with E-state index in [-0.39, 0.29) is 12.0 Å². The van der Waals surface area contributed by atoms with Gasteiger partial charge in [0, 0.05) is 0 Å². The average Bonchev–Trinajstić information content (AvgIpc) is 2.02. The van der Waals surface area contributed by atoms with Gasteiger partial charge in [0.05, 0.1) is 12.0 Å². The molecule has 0 saturated heterocycles. The van der Waals surface area contributed by atoms with Crippen molar-refractivity contribution in [2.24, 2.45) is 5.92 Å². The van der Waals surface area contributed by atoms with Crippen LogP contribution in [0.4, 0.5) is 0 Å². The highest BCUT2D eigenvalue weighted by Crippen LogP contribution is 2.16. The van der Waals surface area contributed by atoms with Crippen LogP contribution in [0.5, 0.6) is 0 Å². The summed E-state index contributed by atoms with van der Waals surface area (Å²) in [5.74, 6) is 0.396. The first-order valence-electron chi connectivity index (χ1n) is 4.46. The van der Waals surface area contributed by atoms with Gasteiger partial charge in [0.2, 0.25) is 0 Å². The molecule has 0 fully saturated rings. The molecule has 0 unspecified atom stereocenters. The number of rotatable bonds is 5. The molecule has 0 aromatic heterocycles. The largest absolute Gasteiger partial charge is 0.395 e. The second-order valence-electron chi connectivity index (χ2n) is 3.53. The van der Waals surface area contributed by atoms with Crippen LogP contribution in [-0.4, -0.2) is 17.1 Å². The Bertz CT molecular complexity index is 139. The Morgan fingerprint density at radius 2 is 2.08 bits per heavy atom. The molecule has 0 aliphatic carbocycles. The first-order valence-corrected chi connectivity index (χ1v) is 4.89. The third-order valence-corrected chi connectivity index (χ3v) is 2.53. The van der Waals surface area contributed by atoms with Crippen LogP contribution in [0.15, 0.2) is 11.6 Å². The van der Waals surface area contributed by atoms with Crippen LogP contribution < -0.4 is 0 Å². The Morgan fingerprint density at radius 1 is 1.50 bits per heavy atom. The number of hydrogen-bond acceptors (Lipinski definition) is 1. The maximum absolute atomic E-state index is 8.77. The summed E-state index contributed by atoms with van der Waals surface area (Å²) in [5.41, 5.74) is 1.34. The van der Waals surface area contributed by atoms with Crippen LogP contribution in [0.25, 0.3) is 0 Å². The summed E-state index contributed by atoms with van der Waals surface area (Å²) >= 11 is 5.86. The van der Waals surface area contributed by atoms with E-state index in [4.69, 9.17) is 16.7 Å². The SMILES string of the molecule is CC(C)=CCC[C@H](C)[C@H](Cl)CO. The quantitative estimate of drug-likeness (QED) is 0.522. The van der Waals surface area contributed by atoms with Crippen molar-refractivity contribution in [1.82, 2.24) is 0 Å². The summed E-state index contributed by atoms with van der Waals surface area (Å²) in [5, 5.41) is 8.68. The molecule has 0 spiro atoms. The van der Waals surface area contributed by atoms with E-state index in [0.717, 1.165) is 12.8 Å². The molecule has 0 heterocycles. The van der Waals surface area contributed by atoms with Crippen LogP contribution in [0.3, 0.4) is 0 Å². The number of aliphatic hydroxyl groups excluding tert-OH is 1. The van der Waals surface area contributed by atoms with Crippen LogP contribution >= 0.6 is 11.6 Å². The van der Waals surface area contributed by atoms with Crippen molar-refractivity contribution in [3.63, 3.8) is 0 Å². The maximum Gasteiger partial charge on any atom is 0.0597 e. The third kappa shape index (κ3) is 5.62. The minimum atomic E-state index is -0.0874. The topological polar surface area (TPSA) is 20.2 Å². The van der Waals surface area contributed by atoms with Gasteiger partial charge in [0.1, 0.15) is 0 Å². The monoisotopic (exact) mass is 190 g/mol. The van der Waals surface area contributed by atoms with Gasteiger partial charge in [-0.2, -0.15) is 0 Å². The molecule has 0 bridgehead atoms. The summed E-state index contributed by atoms with van der Waals surface area (Å²) in [6.07, 6.45) is 4.32. The van der Waals surface area contributed by atoms with Gasteiger partial charge in [0.15, 0.2) is 0 Å². The van der Waals surface area contributed by atoms with Gasteiger partial charge < -0.3 is 5.11 Å². The van der Waals surface area contributed by atoms with Crippen molar-refractivity contribution >= 4 is 11.6 Å². The molecule has 0 aliphatic heterocycles. The van der Waals surface area contributed by atoms with E-state index in [1.54, 1.807) is 0 Å². The van der Waals surface area contributed by atoms with Gasteiger partial charge in [-0.3, -0.25) is 0 Å². The second-order valence-corrected chi connectivity index (χ2v) is 4.10. The van der Waals surface area contributed by atoms with Gasteiger partial charge in [0.25, 0.3) is 0 Å². The molecule has 0 aromatic rings. The van der Waals surface area contributed by atoms with Crippen molar-refractivity contribution < 1.29 is 5.11 Å². The molecule has 0 aromatic carbocycles. The highest BCUT2D eigenvalue weighted by Gasteiger charge is 2.11. The van der Waals surface area contributed by atoms with E-state index < -0.39 is 0 Å². The molecule has 72 valence electrons. The highest BCUT2D eigenvalue weighted by molar-refractivity contribution is 6.20. The average molecular weight is 191 g/mol. The second kappa shape index (κ2) is 6.50. The van der Waals surface area contributed by atoms with Gasteiger partial charge >= 0.3 is 0 Å². The Hall–Kier alpha value is -0.0100. The zero-order valence-electron chi connectivity index (χ0n) is 8.18. The first kappa shape index (κ1) is 12.0. The molecule has 0 radical (unpaired) electrons. The van der Waals surface area contributed by atoms with Crippen LogP contribution in [-0.2, 0) is 0 Å². The Balaban J connectivity index is 3.57. The Labute approximate surface area is 80.4 Å². The summed E-state index contributed by atoms with van der Waals surface area (Å²) in [7, 11) is 0. The molecule has 12 heavy (non-hydrogen) atoms. The summed E-state index contributed by atoms with van der Waals surface area (Å²) in [4.78, 5) is 0. The molecule has 1 N–H and O–H groups in total. The maximum atomic E-state index is 8.77. The molecule has 0 amide bonds. The zero-order valence-corrected chi connectivity index (χ0v) is 8.93. The smallest absolute Gasteiger partial charge is 0.0597 e. The van der Waals surface area contributed by atoms with Crippen molar-refractivity contribution in [2.45, 2.75) is 39.0 Å². The molecular weight excluding hydrogens is 172 g/mol. The van der Waals surface area contributed by atoms with E-state index in [0.29, 0.717) is 5.92 Å². The molecular formula is C10H19ClO. The Morgan fingerprint density at radius 3 is 2.50 bits per heavy atom. The van der Waals surface area contributed by atoms with Gasteiger partial charge in [-0.05, 0) is 32.6 Å². The van der Waals surface area contributed by atoms with Gasteiger partial charge in [-0.25, -0.2) is 0 Å². The third-order valence-electron chi connectivity index (χ3n) is 1.97. The van der Waals surface area contributed by atoms with Crippen molar-refractivity contribution in [1.29, 1.82) is 0 Å². The normalized spacial score (nSPS) is 15.4. The Kier molecular flexibility index (Phi) is 6.49. The first-order chi connectivity index (χ1) is 5.57. The van der Waals surface area contributed by atoms with E-state index >= 15 is 0 Å². The van der Waals surface area contributed by atoms with E-state index in [1.807, 2.05) is 0 Å². The van der Waals surface area contributed by atoms with Crippen LogP contribution in [0, 0.1) is 5.92 Å². The predicted molar refractivity (Wildman–Crippen MR) is 54.6 cm³/mol. The summed E-state index contributed by atoms with van der Waals surface area (Å²) in [6, 6.07) is 0. The number of hydrogen-bond donors (Lipinski definition) is 1. The molecule has 0 rings (SSSR count). The summed E-state index contributed by atoms with van der Waals surface area (Å²) < 4.78 is 0. The van der Waals surface area contributed by atoms with Gasteiger partial charge in [-0.1, -0.05) is 18.6 Å². The molecule has 0 saturated carbocycles. The molecule has 1 nitrogen and oxygen atoms in total. The van der Waals surface area contributed by atoms with Gasteiger partial charge in [-0.15, -0.1) is 11.6 Å². The van der Waals surface area contributed by atoms with Crippen LogP contribution in [0.1, 0.15) is 33.6 Å². The number of halogens is 1. The fourth-order valence-corrected chi connectivity index (χ4v) is 1.12. The van der Waals surface area contributed by atoms with Crippen molar-refractivity contribution in [3.05, 3.63) is 11.6 Å². The van der Waals surface area contributed by atoms with E-state index in [2.05, 4.69) is 26.8 Å². The lowest BCUT2D eigenvalue weighted by molar-refractivity contribution is 0.263. The number of allylic oxidation sites excluding steroid dienone is 2. The number of alkyl halides is 1. The highest BCUT2D eigenvalue weighted by atomic mass is 35.5. The summed E-state index contributed by atoms with van der Waals surface area (Å²) in [6.45, 7) is 6.34. The minimum Gasteiger partial charge on any atom is -0.395 e. The van der Waals surface area contributed by atoms with Crippen molar-refractivity contribution in [2.75, 3.05) is 6.61 Å². The molecule has 2 heteroatoms. The van der Waals surface area contributed by atoms with Crippen molar-refractivity contribution in [3.8, 4) is 0 Å². The fourth-order valence-electron chi connectivity index (χ4n) is 0.996. The van der Waals surface area contributed by atoms with E-state index in [9.17, 15) is 0 Å². The minimum absolute atomic E-state index is 0.0809. The predicted octanol–water partition coefficient (Wildman–Crippen LogP) is 2.97. The lowest BCUT2D eigenvalue weighted by Crippen LogP contribution is -2.15. The lowest BCUT2D eigenvalue weighted by atomic mass is 10.0. The molecule has 0 aliphatic rings. The van der Waals surface area contributed by atoms with Crippen LogP contribution in [0.2, 0.25) is 0 Å². The zero-order chi connectivity index (χ0) is 9.56. The number of aliphatic hydroxyl groups is 1.